The highest BCUT2D eigenvalue weighted by Gasteiger charge is 2.19. The number of nitrogens with two attached hydrogens (primary N) is 1. The molecule has 0 spiro atoms. The zero-order valence-electron chi connectivity index (χ0n) is 13.6. The highest BCUT2D eigenvalue weighted by atomic mass is 32.2. The molecule has 0 unspecified atom stereocenters. The molecule has 0 saturated heterocycles. The van der Waals surface area contributed by atoms with Gasteiger partial charge in [-0.1, -0.05) is 30.3 Å². The third-order valence-corrected chi connectivity index (χ3v) is 5.26. The van der Waals surface area contributed by atoms with Crippen molar-refractivity contribution < 1.29 is 8.42 Å². The molecule has 0 aliphatic rings. The molecular weight excluding hydrogens is 328 g/mol. The average molecular weight is 351 g/mol. The summed E-state index contributed by atoms with van der Waals surface area (Å²) >= 11 is 1.55. The normalized spacial score (nSPS) is 11.9. The van der Waals surface area contributed by atoms with Gasteiger partial charge < -0.3 is 4.90 Å². The van der Waals surface area contributed by atoms with E-state index in [0.29, 0.717) is 13.0 Å². The van der Waals surface area contributed by atoms with E-state index in [1.54, 1.807) is 17.8 Å². The van der Waals surface area contributed by atoms with Crippen LogP contribution < -0.4 is 5.14 Å². The summed E-state index contributed by atoms with van der Waals surface area (Å²) in [6.45, 7) is 0.668. The second-order valence-electron chi connectivity index (χ2n) is 5.72. The minimum absolute atomic E-state index is 0.227. The van der Waals surface area contributed by atoms with Crippen molar-refractivity contribution in [3.8, 4) is 0 Å². The van der Waals surface area contributed by atoms with Crippen molar-refractivity contribution in [2.45, 2.75) is 22.8 Å². The Kier molecular flexibility index (Phi) is 5.86. The molecule has 4 nitrogen and oxygen atoms in total. The second-order valence-corrected chi connectivity index (χ2v) is 8.10. The zero-order chi connectivity index (χ0) is 17.0. The molecule has 0 heterocycles. The highest BCUT2D eigenvalue weighted by molar-refractivity contribution is 7.98. The predicted molar refractivity (Wildman–Crippen MR) is 96.2 cm³/mol. The van der Waals surface area contributed by atoms with Crippen LogP contribution in [-0.2, 0) is 23.0 Å². The van der Waals surface area contributed by atoms with Gasteiger partial charge in [0.25, 0.3) is 0 Å². The summed E-state index contributed by atoms with van der Waals surface area (Å²) in [4.78, 5) is 3.19. The van der Waals surface area contributed by atoms with Crippen LogP contribution in [0.5, 0.6) is 0 Å². The molecule has 6 heteroatoms. The van der Waals surface area contributed by atoms with Gasteiger partial charge in [0.05, 0.1) is 4.90 Å². The largest absolute Gasteiger partial charge is 0.305 e. The molecule has 0 aromatic heterocycles. The van der Waals surface area contributed by atoms with E-state index >= 15 is 0 Å². The Morgan fingerprint density at radius 2 is 1.74 bits per heavy atom. The molecular formula is C17H22N2O2S2. The monoisotopic (exact) mass is 350 g/mol. The number of hydrogen-bond donors (Lipinski definition) is 1. The minimum Gasteiger partial charge on any atom is -0.305 e. The number of benzene rings is 2. The van der Waals surface area contributed by atoms with Gasteiger partial charge in [-0.15, -0.1) is 11.8 Å². The van der Waals surface area contributed by atoms with Crippen LogP contribution in [-0.4, -0.2) is 33.7 Å². The third-order valence-electron chi connectivity index (χ3n) is 3.48. The van der Waals surface area contributed by atoms with Crippen molar-refractivity contribution in [1.29, 1.82) is 0 Å². The first kappa shape index (κ1) is 18.0. The molecule has 23 heavy (non-hydrogen) atoms. The first-order valence-electron chi connectivity index (χ1n) is 7.22. The van der Waals surface area contributed by atoms with E-state index in [2.05, 4.69) is 6.07 Å². The van der Waals surface area contributed by atoms with E-state index in [0.717, 1.165) is 21.6 Å². The van der Waals surface area contributed by atoms with Crippen LogP contribution in [0.1, 0.15) is 16.7 Å². The quantitative estimate of drug-likeness (QED) is 0.814. The molecule has 0 bridgehead atoms. The summed E-state index contributed by atoms with van der Waals surface area (Å²) in [6, 6.07) is 13.6. The van der Waals surface area contributed by atoms with E-state index in [9.17, 15) is 8.42 Å². The lowest BCUT2D eigenvalue weighted by Crippen LogP contribution is -2.17. The Balaban J connectivity index is 2.58. The average Bonchev–Trinajstić information content (AvgIpc) is 2.47. The van der Waals surface area contributed by atoms with Gasteiger partial charge in [0.1, 0.15) is 0 Å². The van der Waals surface area contributed by atoms with Gasteiger partial charge in [-0.2, -0.15) is 0 Å². The molecule has 0 amide bonds. The maximum absolute atomic E-state index is 12.1. The predicted octanol–water partition coefficient (Wildman–Crippen LogP) is 2.71. The molecule has 0 aliphatic carbocycles. The Labute approximate surface area is 142 Å². The summed E-state index contributed by atoms with van der Waals surface area (Å²) in [5.74, 6) is 0. The lowest BCUT2D eigenvalue weighted by molar-refractivity contribution is 0.401. The summed E-state index contributed by atoms with van der Waals surface area (Å²) in [7, 11) is 0.127. The van der Waals surface area contributed by atoms with Gasteiger partial charge in [0.2, 0.25) is 10.0 Å². The first-order chi connectivity index (χ1) is 10.8. The summed E-state index contributed by atoms with van der Waals surface area (Å²) in [5.41, 5.74) is 2.78. The van der Waals surface area contributed by atoms with Gasteiger partial charge in [0.15, 0.2) is 0 Å². The van der Waals surface area contributed by atoms with Gasteiger partial charge in [-0.25, -0.2) is 13.6 Å². The number of nitrogens with zero attached hydrogens (tertiary/aromatic N) is 1. The van der Waals surface area contributed by atoms with Crippen molar-refractivity contribution in [1.82, 2.24) is 4.90 Å². The fraction of sp³-hybridized carbons (Fsp3) is 0.294. The van der Waals surface area contributed by atoms with E-state index in [1.807, 2.05) is 55.6 Å². The number of sulfonamides is 1. The van der Waals surface area contributed by atoms with Gasteiger partial charge in [-0.3, -0.25) is 0 Å². The van der Waals surface area contributed by atoms with Crippen molar-refractivity contribution in [2.24, 2.45) is 5.14 Å². The smallest absolute Gasteiger partial charge is 0.238 e. The molecule has 0 atom stereocenters. The molecule has 2 aromatic carbocycles. The number of rotatable bonds is 6. The fourth-order valence-corrected chi connectivity index (χ4v) is 4.14. The van der Waals surface area contributed by atoms with Crippen LogP contribution in [0.2, 0.25) is 0 Å². The number of primary sulfonamides is 1. The Hall–Kier alpha value is -1.34. The van der Waals surface area contributed by atoms with Crippen LogP contribution >= 0.6 is 11.8 Å². The second kappa shape index (κ2) is 7.49. The summed E-state index contributed by atoms with van der Waals surface area (Å²) in [5, 5.41) is 5.48. The minimum atomic E-state index is -3.78. The molecule has 2 rings (SSSR count). The molecule has 0 radical (unpaired) electrons. The molecule has 0 fully saturated rings. The van der Waals surface area contributed by atoms with Crippen LogP contribution in [0, 0.1) is 0 Å². The molecule has 124 valence electrons. The fourth-order valence-electron chi connectivity index (χ4n) is 2.54. The highest BCUT2D eigenvalue weighted by Crippen LogP contribution is 2.30. The first-order valence-corrected chi connectivity index (χ1v) is 9.99. The third kappa shape index (κ3) is 4.81. The van der Waals surface area contributed by atoms with E-state index < -0.39 is 10.0 Å². The zero-order valence-corrected chi connectivity index (χ0v) is 15.2. The summed E-state index contributed by atoms with van der Waals surface area (Å²) in [6.07, 6.45) is 2.50. The van der Waals surface area contributed by atoms with Gasteiger partial charge in [-0.05, 0) is 55.6 Å². The van der Waals surface area contributed by atoms with E-state index in [-0.39, 0.29) is 4.90 Å². The van der Waals surface area contributed by atoms with Crippen molar-refractivity contribution in [2.75, 3.05) is 20.4 Å². The standard InChI is InChI=1S/C17H22N2O2S2/c1-19(2)12-14-10-16(22-3)15(17(11-14)23(18,20)21)9-13-7-5-4-6-8-13/h4-8,10-11H,9,12H2,1-3H3,(H2,18,20,21). The maximum atomic E-state index is 12.1. The van der Waals surface area contributed by atoms with Gasteiger partial charge in [0, 0.05) is 11.4 Å². The van der Waals surface area contributed by atoms with Gasteiger partial charge >= 0.3 is 0 Å². The molecule has 2 aromatic rings. The Bertz CT molecular complexity index is 773. The number of hydrogen-bond acceptors (Lipinski definition) is 4. The molecule has 2 N–H and O–H groups in total. The van der Waals surface area contributed by atoms with Crippen LogP contribution in [0.15, 0.2) is 52.3 Å². The van der Waals surface area contributed by atoms with Crippen molar-refractivity contribution >= 4 is 21.8 Å². The molecule has 0 saturated carbocycles. The van der Waals surface area contributed by atoms with E-state index in [1.165, 1.54) is 0 Å². The molecule has 0 aliphatic heterocycles. The summed E-state index contributed by atoms with van der Waals surface area (Å²) < 4.78 is 24.2. The SMILES string of the molecule is CSc1cc(CN(C)C)cc(S(N)(=O)=O)c1Cc1ccccc1. The lowest BCUT2D eigenvalue weighted by atomic mass is 10.0. The van der Waals surface area contributed by atoms with Crippen LogP contribution in [0.25, 0.3) is 0 Å². The van der Waals surface area contributed by atoms with Crippen molar-refractivity contribution in [3.05, 3.63) is 59.2 Å². The topological polar surface area (TPSA) is 63.4 Å². The number of thioether (sulfide) groups is 1. The van der Waals surface area contributed by atoms with Crippen LogP contribution in [0.4, 0.5) is 0 Å². The van der Waals surface area contributed by atoms with E-state index in [4.69, 9.17) is 5.14 Å². The lowest BCUT2D eigenvalue weighted by Gasteiger charge is -2.17. The maximum Gasteiger partial charge on any atom is 0.238 e. The van der Waals surface area contributed by atoms with Crippen LogP contribution in [0.3, 0.4) is 0 Å². The Morgan fingerprint density at radius 1 is 1.09 bits per heavy atom. The van der Waals surface area contributed by atoms with Crippen molar-refractivity contribution in [3.63, 3.8) is 0 Å². The Morgan fingerprint density at radius 3 is 2.26 bits per heavy atom.